The van der Waals surface area contributed by atoms with Crippen LogP contribution >= 0.6 is 0 Å². The molecule has 2 aliphatic carbocycles. The molecule has 100 valence electrons. The van der Waals surface area contributed by atoms with E-state index in [-0.39, 0.29) is 6.10 Å². The van der Waals surface area contributed by atoms with Crippen molar-refractivity contribution in [2.24, 2.45) is 17.8 Å². The standard InChI is InChI=1S/C16H25NO/c1-12-2-4-13(5-3-12)10-15(11-17)14-6-8-16(18)9-7-14/h10,12-14,16,18H,2-9H2,1H3. The summed E-state index contributed by atoms with van der Waals surface area (Å²) in [5, 5.41) is 18.9. The summed E-state index contributed by atoms with van der Waals surface area (Å²) in [5.41, 5.74) is 1.00. The highest BCUT2D eigenvalue weighted by molar-refractivity contribution is 5.25. The maximum absolute atomic E-state index is 9.53. The summed E-state index contributed by atoms with van der Waals surface area (Å²) < 4.78 is 0. The van der Waals surface area contributed by atoms with Gasteiger partial charge in [0.1, 0.15) is 0 Å². The lowest BCUT2D eigenvalue weighted by molar-refractivity contribution is 0.116. The highest BCUT2D eigenvalue weighted by Crippen LogP contribution is 2.34. The molecule has 0 aromatic heterocycles. The van der Waals surface area contributed by atoms with Gasteiger partial charge in [0, 0.05) is 5.57 Å². The van der Waals surface area contributed by atoms with Crippen molar-refractivity contribution in [3.8, 4) is 6.07 Å². The van der Waals surface area contributed by atoms with E-state index in [1.165, 1.54) is 25.7 Å². The van der Waals surface area contributed by atoms with Crippen LogP contribution in [0.1, 0.15) is 58.3 Å². The van der Waals surface area contributed by atoms with Gasteiger partial charge >= 0.3 is 0 Å². The van der Waals surface area contributed by atoms with Crippen molar-refractivity contribution < 1.29 is 5.11 Å². The van der Waals surface area contributed by atoms with Gasteiger partial charge in [-0.1, -0.05) is 25.8 Å². The van der Waals surface area contributed by atoms with Crippen molar-refractivity contribution in [3.63, 3.8) is 0 Å². The predicted molar refractivity (Wildman–Crippen MR) is 72.8 cm³/mol. The Hall–Kier alpha value is -0.810. The van der Waals surface area contributed by atoms with E-state index in [0.29, 0.717) is 11.8 Å². The van der Waals surface area contributed by atoms with Crippen LogP contribution in [0.15, 0.2) is 11.6 Å². The second-order valence-electron chi connectivity index (χ2n) is 6.26. The minimum atomic E-state index is -0.128. The molecule has 0 spiro atoms. The maximum Gasteiger partial charge on any atom is 0.0946 e. The van der Waals surface area contributed by atoms with Gasteiger partial charge in [0.05, 0.1) is 12.2 Å². The van der Waals surface area contributed by atoms with Crippen LogP contribution < -0.4 is 0 Å². The summed E-state index contributed by atoms with van der Waals surface area (Å²) >= 11 is 0. The minimum absolute atomic E-state index is 0.128. The summed E-state index contributed by atoms with van der Waals surface area (Å²) in [6, 6.07) is 2.42. The maximum atomic E-state index is 9.53. The zero-order valence-electron chi connectivity index (χ0n) is 11.4. The van der Waals surface area contributed by atoms with Crippen molar-refractivity contribution in [2.75, 3.05) is 0 Å². The number of aliphatic hydroxyl groups is 1. The molecular weight excluding hydrogens is 222 g/mol. The van der Waals surface area contributed by atoms with Gasteiger partial charge in [0.2, 0.25) is 0 Å². The van der Waals surface area contributed by atoms with Gasteiger partial charge in [0.25, 0.3) is 0 Å². The third-order valence-corrected chi connectivity index (χ3v) is 4.74. The van der Waals surface area contributed by atoms with Crippen LogP contribution in [0.2, 0.25) is 0 Å². The normalized spacial score (nSPS) is 38.2. The zero-order valence-corrected chi connectivity index (χ0v) is 11.4. The lowest BCUT2D eigenvalue weighted by atomic mass is 9.78. The Bertz CT molecular complexity index is 325. The van der Waals surface area contributed by atoms with Crippen molar-refractivity contribution in [1.82, 2.24) is 0 Å². The van der Waals surface area contributed by atoms with E-state index in [1.807, 2.05) is 0 Å². The predicted octanol–water partition coefficient (Wildman–Crippen LogP) is 3.81. The van der Waals surface area contributed by atoms with E-state index in [4.69, 9.17) is 0 Å². The highest BCUT2D eigenvalue weighted by atomic mass is 16.3. The largest absolute Gasteiger partial charge is 0.393 e. The topological polar surface area (TPSA) is 44.0 Å². The van der Waals surface area contributed by atoms with Crippen LogP contribution in [0.4, 0.5) is 0 Å². The molecule has 2 saturated carbocycles. The van der Waals surface area contributed by atoms with Gasteiger partial charge in [-0.2, -0.15) is 5.26 Å². The molecule has 1 N–H and O–H groups in total. The fraction of sp³-hybridized carbons (Fsp3) is 0.812. The zero-order chi connectivity index (χ0) is 13.0. The van der Waals surface area contributed by atoms with E-state index >= 15 is 0 Å². The summed E-state index contributed by atoms with van der Waals surface area (Å²) in [7, 11) is 0. The molecule has 0 unspecified atom stereocenters. The first-order valence-corrected chi connectivity index (χ1v) is 7.49. The molecule has 0 saturated heterocycles. The number of nitriles is 1. The first-order chi connectivity index (χ1) is 8.69. The molecule has 0 aliphatic heterocycles. The molecule has 2 rings (SSSR count). The molecule has 2 nitrogen and oxygen atoms in total. The fourth-order valence-electron chi connectivity index (χ4n) is 3.36. The van der Waals surface area contributed by atoms with Crippen molar-refractivity contribution in [1.29, 1.82) is 5.26 Å². The van der Waals surface area contributed by atoms with Crippen LogP contribution in [-0.4, -0.2) is 11.2 Å². The monoisotopic (exact) mass is 247 g/mol. The van der Waals surface area contributed by atoms with Gasteiger partial charge in [-0.25, -0.2) is 0 Å². The first-order valence-electron chi connectivity index (χ1n) is 7.49. The van der Waals surface area contributed by atoms with Crippen LogP contribution in [0.3, 0.4) is 0 Å². The molecule has 2 heteroatoms. The van der Waals surface area contributed by atoms with E-state index in [0.717, 1.165) is 37.2 Å². The quantitative estimate of drug-likeness (QED) is 0.754. The molecule has 0 radical (unpaired) electrons. The highest BCUT2D eigenvalue weighted by Gasteiger charge is 2.24. The van der Waals surface area contributed by atoms with Crippen LogP contribution in [-0.2, 0) is 0 Å². The minimum Gasteiger partial charge on any atom is -0.393 e. The third kappa shape index (κ3) is 3.59. The lowest BCUT2D eigenvalue weighted by Gasteiger charge is -2.27. The molecule has 2 aliphatic rings. The smallest absolute Gasteiger partial charge is 0.0946 e. The molecule has 2 fully saturated rings. The number of hydrogen-bond acceptors (Lipinski definition) is 2. The Labute approximate surface area is 111 Å². The fourth-order valence-corrected chi connectivity index (χ4v) is 3.36. The second-order valence-corrected chi connectivity index (χ2v) is 6.26. The van der Waals surface area contributed by atoms with Gasteiger partial charge in [-0.05, 0) is 56.3 Å². The van der Waals surface area contributed by atoms with Gasteiger partial charge in [-0.15, -0.1) is 0 Å². The molecule has 0 heterocycles. The second kappa shape index (κ2) is 6.38. The molecular formula is C16H25NO. The van der Waals surface area contributed by atoms with E-state index < -0.39 is 0 Å². The average molecular weight is 247 g/mol. The molecule has 0 amide bonds. The summed E-state index contributed by atoms with van der Waals surface area (Å²) in [4.78, 5) is 0. The Morgan fingerprint density at radius 2 is 1.67 bits per heavy atom. The Morgan fingerprint density at radius 1 is 1.06 bits per heavy atom. The lowest BCUT2D eigenvalue weighted by Crippen LogP contribution is -2.20. The summed E-state index contributed by atoms with van der Waals surface area (Å²) in [5.74, 6) is 1.91. The van der Waals surface area contributed by atoms with Gasteiger partial charge in [0.15, 0.2) is 0 Å². The third-order valence-electron chi connectivity index (χ3n) is 4.74. The van der Waals surface area contributed by atoms with Crippen LogP contribution in [0.5, 0.6) is 0 Å². The van der Waals surface area contributed by atoms with Crippen LogP contribution in [0.25, 0.3) is 0 Å². The SMILES string of the molecule is CC1CCC(C=C(C#N)C2CCC(O)CC2)CC1. The number of nitrogens with zero attached hydrogens (tertiary/aromatic N) is 1. The Kier molecular flexibility index (Phi) is 4.83. The Morgan fingerprint density at radius 3 is 2.22 bits per heavy atom. The molecule has 18 heavy (non-hydrogen) atoms. The van der Waals surface area contributed by atoms with Crippen LogP contribution in [0, 0.1) is 29.1 Å². The number of aliphatic hydroxyl groups excluding tert-OH is 1. The van der Waals surface area contributed by atoms with Gasteiger partial charge < -0.3 is 5.11 Å². The summed E-state index contributed by atoms with van der Waals surface area (Å²) in [6.45, 7) is 2.33. The number of hydrogen-bond donors (Lipinski definition) is 1. The van der Waals surface area contributed by atoms with E-state index in [1.54, 1.807) is 0 Å². The number of rotatable bonds is 2. The van der Waals surface area contributed by atoms with Crippen molar-refractivity contribution in [2.45, 2.75) is 64.4 Å². The first kappa shape index (κ1) is 13.6. The Balaban J connectivity index is 1.93. The summed E-state index contributed by atoms with van der Waals surface area (Å²) in [6.07, 6.45) is 11.0. The molecule has 0 bridgehead atoms. The molecule has 0 aromatic rings. The molecule has 0 aromatic carbocycles. The number of allylic oxidation sites excluding steroid dienone is 2. The van der Waals surface area contributed by atoms with E-state index in [2.05, 4.69) is 19.1 Å². The average Bonchev–Trinajstić information content (AvgIpc) is 2.39. The van der Waals surface area contributed by atoms with Gasteiger partial charge in [-0.3, -0.25) is 0 Å². The molecule has 0 atom stereocenters. The van der Waals surface area contributed by atoms with Crippen molar-refractivity contribution in [3.05, 3.63) is 11.6 Å². The van der Waals surface area contributed by atoms with E-state index in [9.17, 15) is 10.4 Å². The van der Waals surface area contributed by atoms with Crippen molar-refractivity contribution >= 4 is 0 Å².